The van der Waals surface area contributed by atoms with Gasteiger partial charge in [0, 0.05) is 19.8 Å². The molecular formula is C13H27NO3SSi. The standard InChI is InChI=1S/C13H27NO3SSi/c1-5-9-10-11-13(18-12-14)19(15-6-2,16-7-3)17-8-4/h13H,5-11H2,1-4H3. The lowest BCUT2D eigenvalue weighted by molar-refractivity contribution is 0.0687. The van der Waals surface area contributed by atoms with Gasteiger partial charge in [-0.05, 0) is 39.0 Å². The summed E-state index contributed by atoms with van der Waals surface area (Å²) in [5.41, 5.74) is 0. The Morgan fingerprint density at radius 2 is 1.53 bits per heavy atom. The van der Waals surface area contributed by atoms with Crippen LogP contribution >= 0.6 is 11.8 Å². The highest BCUT2D eigenvalue weighted by Crippen LogP contribution is 2.29. The van der Waals surface area contributed by atoms with Gasteiger partial charge < -0.3 is 13.3 Å². The average molecular weight is 306 g/mol. The van der Waals surface area contributed by atoms with Gasteiger partial charge in [-0.25, -0.2) is 0 Å². The van der Waals surface area contributed by atoms with Gasteiger partial charge in [-0.3, -0.25) is 0 Å². The lowest BCUT2D eigenvalue weighted by Gasteiger charge is -2.33. The monoisotopic (exact) mass is 305 g/mol. The molecule has 0 radical (unpaired) electrons. The van der Waals surface area contributed by atoms with Gasteiger partial charge in [0.1, 0.15) is 5.40 Å². The van der Waals surface area contributed by atoms with Crippen molar-refractivity contribution in [3.05, 3.63) is 0 Å². The average Bonchev–Trinajstić information content (AvgIpc) is 2.39. The molecule has 19 heavy (non-hydrogen) atoms. The second-order valence-electron chi connectivity index (χ2n) is 4.10. The zero-order valence-electron chi connectivity index (χ0n) is 12.6. The molecule has 0 saturated carbocycles. The number of unbranched alkanes of at least 4 members (excludes halogenated alkanes) is 2. The second kappa shape index (κ2) is 11.7. The normalized spacial score (nSPS) is 13.2. The summed E-state index contributed by atoms with van der Waals surface area (Å²) in [7, 11) is -2.76. The fraction of sp³-hybridized carbons (Fsp3) is 0.923. The van der Waals surface area contributed by atoms with E-state index in [0.717, 1.165) is 25.7 Å². The highest BCUT2D eigenvalue weighted by atomic mass is 32.2. The van der Waals surface area contributed by atoms with Crippen molar-refractivity contribution >= 4 is 20.6 Å². The molecule has 0 aromatic carbocycles. The Hall–Kier alpha value is -0.0631. The van der Waals surface area contributed by atoms with Crippen LogP contribution in [0, 0.1) is 10.7 Å². The van der Waals surface area contributed by atoms with Crippen molar-refractivity contribution in [1.29, 1.82) is 5.26 Å². The van der Waals surface area contributed by atoms with Crippen LogP contribution in [0.3, 0.4) is 0 Å². The van der Waals surface area contributed by atoms with Crippen molar-refractivity contribution in [3.8, 4) is 5.40 Å². The van der Waals surface area contributed by atoms with Crippen LogP contribution in [0.1, 0.15) is 53.4 Å². The minimum absolute atomic E-state index is 0.0175. The van der Waals surface area contributed by atoms with E-state index in [-0.39, 0.29) is 4.87 Å². The minimum Gasteiger partial charge on any atom is -0.373 e. The molecule has 1 unspecified atom stereocenters. The third-order valence-corrected chi connectivity index (χ3v) is 7.69. The van der Waals surface area contributed by atoms with Gasteiger partial charge >= 0.3 is 8.80 Å². The quantitative estimate of drug-likeness (QED) is 0.312. The van der Waals surface area contributed by atoms with Crippen molar-refractivity contribution in [2.45, 2.75) is 58.3 Å². The van der Waals surface area contributed by atoms with E-state index in [2.05, 4.69) is 12.3 Å². The Morgan fingerprint density at radius 1 is 1.00 bits per heavy atom. The Kier molecular flexibility index (Phi) is 11.7. The molecule has 0 heterocycles. The van der Waals surface area contributed by atoms with E-state index in [1.807, 2.05) is 20.8 Å². The highest BCUT2D eigenvalue weighted by Gasteiger charge is 2.49. The smallest absolute Gasteiger partial charge is 0.373 e. The first-order valence-corrected chi connectivity index (χ1v) is 9.85. The first kappa shape index (κ1) is 18.9. The van der Waals surface area contributed by atoms with Crippen molar-refractivity contribution < 1.29 is 13.3 Å². The molecule has 0 aliphatic heterocycles. The van der Waals surface area contributed by atoms with Gasteiger partial charge in [-0.15, -0.1) is 0 Å². The summed E-state index contributed by atoms with van der Waals surface area (Å²) in [4.78, 5) is 0.0175. The SMILES string of the molecule is CCCCCC(SC#N)[Si](OCC)(OCC)OCC. The van der Waals surface area contributed by atoms with Gasteiger partial charge in [0.25, 0.3) is 0 Å². The summed E-state index contributed by atoms with van der Waals surface area (Å²) < 4.78 is 17.6. The summed E-state index contributed by atoms with van der Waals surface area (Å²) in [6, 6.07) is 0. The molecule has 0 aromatic rings. The summed E-state index contributed by atoms with van der Waals surface area (Å²) in [6.07, 6.45) is 4.32. The van der Waals surface area contributed by atoms with Gasteiger partial charge in [0.15, 0.2) is 0 Å². The predicted molar refractivity (Wildman–Crippen MR) is 81.8 cm³/mol. The van der Waals surface area contributed by atoms with Gasteiger partial charge in [-0.2, -0.15) is 5.26 Å². The predicted octanol–water partition coefficient (Wildman–Crippen LogP) is 3.74. The third-order valence-electron chi connectivity index (χ3n) is 2.70. The number of hydrogen-bond acceptors (Lipinski definition) is 5. The number of nitriles is 1. The van der Waals surface area contributed by atoms with E-state index >= 15 is 0 Å². The van der Waals surface area contributed by atoms with E-state index in [1.54, 1.807) is 0 Å². The van der Waals surface area contributed by atoms with Crippen LogP contribution in [0.2, 0.25) is 0 Å². The zero-order valence-corrected chi connectivity index (χ0v) is 14.4. The zero-order chi connectivity index (χ0) is 14.6. The second-order valence-corrected chi connectivity index (χ2v) is 8.27. The number of thiocyanates is 1. The van der Waals surface area contributed by atoms with Crippen molar-refractivity contribution in [2.24, 2.45) is 0 Å². The molecule has 0 bridgehead atoms. The summed E-state index contributed by atoms with van der Waals surface area (Å²) in [6.45, 7) is 9.68. The number of hydrogen-bond donors (Lipinski definition) is 0. The largest absolute Gasteiger partial charge is 0.515 e. The summed E-state index contributed by atoms with van der Waals surface area (Å²) >= 11 is 1.25. The maximum absolute atomic E-state index is 9.03. The van der Waals surface area contributed by atoms with Crippen molar-refractivity contribution in [2.75, 3.05) is 19.8 Å². The molecule has 0 amide bonds. The van der Waals surface area contributed by atoms with Crippen molar-refractivity contribution in [1.82, 2.24) is 0 Å². The Labute approximate surface area is 123 Å². The molecule has 0 N–H and O–H groups in total. The Balaban J connectivity index is 4.90. The highest BCUT2D eigenvalue weighted by molar-refractivity contribution is 8.05. The number of rotatable bonds is 12. The lowest BCUT2D eigenvalue weighted by atomic mass is 10.2. The van der Waals surface area contributed by atoms with Crippen LogP contribution in [-0.4, -0.2) is 33.5 Å². The van der Waals surface area contributed by atoms with E-state index in [0.29, 0.717) is 19.8 Å². The Morgan fingerprint density at radius 3 is 1.89 bits per heavy atom. The van der Waals surface area contributed by atoms with Crippen LogP contribution in [0.15, 0.2) is 0 Å². The maximum Gasteiger partial charge on any atom is 0.515 e. The molecule has 0 aliphatic carbocycles. The molecule has 0 spiro atoms. The fourth-order valence-electron chi connectivity index (χ4n) is 1.96. The number of nitrogens with zero attached hydrogens (tertiary/aromatic N) is 1. The van der Waals surface area contributed by atoms with E-state index in [4.69, 9.17) is 18.5 Å². The number of thioether (sulfide) groups is 1. The van der Waals surface area contributed by atoms with Crippen LogP contribution in [0.5, 0.6) is 0 Å². The molecule has 0 rings (SSSR count). The van der Waals surface area contributed by atoms with Crippen LogP contribution in [0.4, 0.5) is 0 Å². The third kappa shape index (κ3) is 6.77. The molecule has 0 aromatic heterocycles. The van der Waals surface area contributed by atoms with Crippen molar-refractivity contribution in [3.63, 3.8) is 0 Å². The maximum atomic E-state index is 9.03. The van der Waals surface area contributed by atoms with Crippen LogP contribution < -0.4 is 0 Å². The lowest BCUT2D eigenvalue weighted by Crippen LogP contribution is -2.55. The fourth-order valence-corrected chi connectivity index (χ4v) is 6.29. The van der Waals surface area contributed by atoms with Crippen LogP contribution in [-0.2, 0) is 13.3 Å². The first-order valence-electron chi connectivity index (χ1n) is 7.17. The van der Waals surface area contributed by atoms with E-state index < -0.39 is 8.80 Å². The topological polar surface area (TPSA) is 51.5 Å². The molecule has 6 heteroatoms. The molecule has 1 atom stereocenters. The van der Waals surface area contributed by atoms with Crippen LogP contribution in [0.25, 0.3) is 0 Å². The van der Waals surface area contributed by atoms with E-state index in [9.17, 15) is 0 Å². The van der Waals surface area contributed by atoms with Gasteiger partial charge in [0.05, 0.1) is 4.87 Å². The summed E-state index contributed by atoms with van der Waals surface area (Å²) in [5.74, 6) is 0. The molecule has 4 nitrogen and oxygen atoms in total. The molecule has 0 fully saturated rings. The van der Waals surface area contributed by atoms with Gasteiger partial charge in [0.2, 0.25) is 0 Å². The molecule has 0 saturated heterocycles. The Bertz CT molecular complexity index is 244. The molecule has 112 valence electrons. The summed E-state index contributed by atoms with van der Waals surface area (Å²) in [5, 5.41) is 11.2. The minimum atomic E-state index is -2.76. The first-order chi connectivity index (χ1) is 9.20. The van der Waals surface area contributed by atoms with E-state index in [1.165, 1.54) is 11.8 Å². The molecule has 0 aliphatic rings. The van der Waals surface area contributed by atoms with Gasteiger partial charge in [-0.1, -0.05) is 26.2 Å². The molecular weight excluding hydrogens is 278 g/mol.